The first kappa shape index (κ1) is 30.1. The van der Waals surface area contributed by atoms with Crippen LogP contribution in [0.5, 0.6) is 5.75 Å². The van der Waals surface area contributed by atoms with Gasteiger partial charge in [-0.15, -0.1) is 0 Å². The number of rotatable bonds is 7. The number of anilines is 5. The molecule has 0 aliphatic carbocycles. The Hall–Kier alpha value is -2.98. The number of benzene rings is 2. The molecule has 43 heavy (non-hydrogen) atoms. The molecule has 2 N–H and O–H groups in total. The van der Waals surface area contributed by atoms with Crippen molar-refractivity contribution < 1.29 is 4.74 Å². The van der Waals surface area contributed by atoms with Gasteiger partial charge in [0.05, 0.1) is 23.5 Å². The number of nitrogens with one attached hydrogen (secondary N) is 2. The summed E-state index contributed by atoms with van der Waals surface area (Å²) in [5.41, 5.74) is 6.49. The topological polar surface area (TPSA) is 83.4 Å². The first-order valence-electron chi connectivity index (χ1n) is 14.5. The van der Waals surface area contributed by atoms with Crippen molar-refractivity contribution in [1.29, 1.82) is 0 Å². The molecule has 0 bridgehead atoms. The Bertz CT molecular complexity index is 1700. The number of ether oxygens (including phenoxy) is 1. The van der Waals surface area contributed by atoms with Crippen molar-refractivity contribution in [2.24, 2.45) is 7.05 Å². The Morgan fingerprint density at radius 3 is 2.51 bits per heavy atom. The highest BCUT2D eigenvalue weighted by Gasteiger charge is 2.30. The van der Waals surface area contributed by atoms with Crippen molar-refractivity contribution in [2.75, 3.05) is 62.7 Å². The number of halogens is 1. The molecule has 1 saturated heterocycles. The summed E-state index contributed by atoms with van der Waals surface area (Å²) in [5.74, 6) is 1.86. The van der Waals surface area contributed by atoms with Crippen LogP contribution >= 0.6 is 22.0 Å². The van der Waals surface area contributed by atoms with E-state index >= 15 is 0 Å². The molecular weight excluding hydrogens is 643 g/mol. The van der Waals surface area contributed by atoms with Gasteiger partial charge >= 0.3 is 0 Å². The van der Waals surface area contributed by atoms with Crippen LogP contribution in [-0.2, 0) is 25.3 Å². The van der Waals surface area contributed by atoms with Gasteiger partial charge in [-0.25, -0.2) is 4.98 Å². The molecule has 1 fully saturated rings. The molecule has 9 nitrogen and oxygen atoms in total. The maximum absolute atomic E-state index is 5.97. The maximum atomic E-state index is 5.97. The van der Waals surface area contributed by atoms with Crippen LogP contribution in [-0.4, -0.2) is 77.8 Å². The molecule has 12 heteroatoms. The van der Waals surface area contributed by atoms with E-state index in [2.05, 4.69) is 85.0 Å². The van der Waals surface area contributed by atoms with Gasteiger partial charge in [-0.3, -0.25) is 4.68 Å². The van der Waals surface area contributed by atoms with Crippen molar-refractivity contribution in [3.63, 3.8) is 0 Å². The van der Waals surface area contributed by atoms with Crippen LogP contribution in [0.15, 0.2) is 53.3 Å². The fourth-order valence-electron chi connectivity index (χ4n) is 6.12. The van der Waals surface area contributed by atoms with E-state index in [0.29, 0.717) is 17.8 Å². The normalized spacial score (nSPS) is 15.9. The lowest BCUT2D eigenvalue weighted by molar-refractivity contribution is 0.250. The first-order chi connectivity index (χ1) is 20.6. The molecule has 0 radical (unpaired) electrons. The predicted octanol–water partition coefficient (Wildman–Crippen LogP) is 5.96. The van der Waals surface area contributed by atoms with Crippen LogP contribution in [0.2, 0.25) is 0 Å². The minimum Gasteiger partial charge on any atom is -0.494 e. The molecule has 4 aromatic rings. The summed E-state index contributed by atoms with van der Waals surface area (Å²) in [7, 11) is 5.95. The summed E-state index contributed by atoms with van der Waals surface area (Å²) in [6.45, 7) is 7.43. The summed E-state index contributed by atoms with van der Waals surface area (Å²) in [6, 6.07) is 11.3. The molecule has 6 rings (SSSR count). The van der Waals surface area contributed by atoms with Gasteiger partial charge in [0.25, 0.3) is 0 Å². The van der Waals surface area contributed by atoms with Crippen molar-refractivity contribution in [3.8, 4) is 16.9 Å². The molecule has 0 spiro atoms. The fraction of sp³-hybridized carbons (Fsp3) is 0.387. The zero-order valence-corrected chi connectivity index (χ0v) is 28.6. The number of nitrogens with zero attached hydrogens (tertiary/aromatic N) is 6. The van der Waals surface area contributed by atoms with Crippen LogP contribution in [0.4, 0.5) is 28.8 Å². The quantitative estimate of drug-likeness (QED) is 0.230. The van der Waals surface area contributed by atoms with E-state index in [1.54, 1.807) is 13.3 Å². The van der Waals surface area contributed by atoms with Gasteiger partial charge in [0, 0.05) is 71.8 Å². The van der Waals surface area contributed by atoms with Crippen molar-refractivity contribution in [3.05, 3.63) is 59.0 Å². The average molecular weight is 682 g/mol. The number of methoxy groups -OCH3 is 1. The van der Waals surface area contributed by atoms with E-state index in [0.717, 1.165) is 76.9 Å². The van der Waals surface area contributed by atoms with E-state index in [-0.39, 0.29) is 0 Å². The second-order valence-electron chi connectivity index (χ2n) is 11.7. The molecule has 0 saturated carbocycles. The minimum atomic E-state index is -1.68. The maximum Gasteiger partial charge on any atom is 0.229 e. The largest absolute Gasteiger partial charge is 0.494 e. The summed E-state index contributed by atoms with van der Waals surface area (Å²) in [5, 5.41) is 12.7. The van der Waals surface area contributed by atoms with Gasteiger partial charge in [0.1, 0.15) is 11.6 Å². The Morgan fingerprint density at radius 1 is 1.00 bits per heavy atom. The Morgan fingerprint density at radius 2 is 1.77 bits per heavy atom. The fourth-order valence-corrected chi connectivity index (χ4v) is 8.04. The number of piperidine rings is 1. The zero-order valence-electron chi connectivity index (χ0n) is 25.3. The third kappa shape index (κ3) is 6.18. The first-order valence-corrected chi connectivity index (χ1v) is 19.0. The van der Waals surface area contributed by atoms with E-state index < -0.39 is 6.04 Å². The third-order valence-corrected chi connectivity index (χ3v) is 11.1. The van der Waals surface area contributed by atoms with E-state index in [4.69, 9.17) is 21.5 Å². The minimum absolute atomic E-state index is 0.459. The highest BCUT2D eigenvalue weighted by atomic mass is 79.9. The number of aryl methyl sites for hydroxylation is 1. The number of fused-ring (bicyclic) bond motifs is 3. The van der Waals surface area contributed by atoms with Crippen molar-refractivity contribution >= 4 is 67.9 Å². The molecule has 0 unspecified atom stereocenters. The number of likely N-dealkylation sites (tertiary alicyclic amines) is 1. The summed E-state index contributed by atoms with van der Waals surface area (Å²) < 4.78 is 8.74. The summed E-state index contributed by atoms with van der Waals surface area (Å²) >= 11 is 9.49. The lowest BCUT2D eigenvalue weighted by Crippen LogP contribution is -2.44. The molecule has 4 heterocycles. The smallest absolute Gasteiger partial charge is 0.229 e. The van der Waals surface area contributed by atoms with E-state index in [1.165, 1.54) is 11.4 Å². The van der Waals surface area contributed by atoms with Crippen LogP contribution in [0.25, 0.3) is 11.1 Å². The highest BCUT2D eigenvalue weighted by molar-refractivity contribution is 9.10. The monoisotopic (exact) mass is 680 g/mol. The van der Waals surface area contributed by atoms with Gasteiger partial charge in [-0.1, -0.05) is 30.0 Å². The van der Waals surface area contributed by atoms with Crippen LogP contribution in [0.3, 0.4) is 0 Å². The molecule has 0 atom stereocenters. The molecular formula is C31H38BrN8OPS. The number of para-hydroxylation sites is 1. The lowest BCUT2D eigenvalue weighted by atomic mass is 9.99. The average Bonchev–Trinajstić information content (AvgIpc) is 3.27. The van der Waals surface area contributed by atoms with Crippen LogP contribution in [0, 0.1) is 0 Å². The van der Waals surface area contributed by atoms with Crippen molar-refractivity contribution in [2.45, 2.75) is 25.3 Å². The molecule has 2 aromatic heterocycles. The number of aromatic nitrogens is 4. The van der Waals surface area contributed by atoms with E-state index in [9.17, 15) is 0 Å². The molecule has 2 aliphatic heterocycles. The van der Waals surface area contributed by atoms with Gasteiger partial charge in [0.15, 0.2) is 0 Å². The number of hydrogen-bond donors (Lipinski definition) is 2. The summed E-state index contributed by atoms with van der Waals surface area (Å²) in [4.78, 5) is 14.4. The van der Waals surface area contributed by atoms with Gasteiger partial charge in [-0.2, -0.15) is 10.1 Å². The van der Waals surface area contributed by atoms with Gasteiger partial charge < -0.3 is 25.2 Å². The molecule has 226 valence electrons. The standard InChI is InChI=1S/C31H38BrN8OPS/c1-38-13-10-20(11-14-38)40-15-12-26-22(18-34-39(26)2)21-16-25(28(41-3)17-27(21)40)36-31-33-19-23(32)30(37-31)35-24-8-6-7-9-29(24)42(4,5)43/h6-9,16-20H,10-15H2,1-5H3,(H2,33,35,36,37). The molecule has 2 aromatic carbocycles. The number of hydrogen-bond acceptors (Lipinski definition) is 9. The van der Waals surface area contributed by atoms with Gasteiger partial charge in [-0.05, 0) is 80.4 Å². The SMILES string of the molecule is COc1cc2c(cc1Nc1ncc(Br)c(Nc3ccccc3P(C)(C)=S)n1)-c1cnn(C)c1CCN2C1CCN(C)CC1. The van der Waals surface area contributed by atoms with Crippen LogP contribution in [0.1, 0.15) is 18.5 Å². The molecule has 0 amide bonds. The van der Waals surface area contributed by atoms with Crippen LogP contribution < -0.4 is 25.6 Å². The predicted molar refractivity (Wildman–Crippen MR) is 185 cm³/mol. The Labute approximate surface area is 267 Å². The highest BCUT2D eigenvalue weighted by Crippen LogP contribution is 2.45. The zero-order chi connectivity index (χ0) is 30.3. The van der Waals surface area contributed by atoms with Crippen molar-refractivity contribution in [1.82, 2.24) is 24.6 Å². The molecule has 2 aliphatic rings. The second kappa shape index (κ2) is 12.2. The van der Waals surface area contributed by atoms with Gasteiger partial charge in [0.2, 0.25) is 5.95 Å². The lowest BCUT2D eigenvalue weighted by Gasteiger charge is -2.39. The van der Waals surface area contributed by atoms with E-state index in [1.807, 2.05) is 36.1 Å². The third-order valence-electron chi connectivity index (χ3n) is 8.43. The Balaban J connectivity index is 1.37. The Kier molecular flexibility index (Phi) is 8.52. The second-order valence-corrected chi connectivity index (χ2v) is 18.5. The summed E-state index contributed by atoms with van der Waals surface area (Å²) in [6.07, 6.45) is 6.96.